The topological polar surface area (TPSA) is 32.3 Å². The molecule has 0 radical (unpaired) electrons. The van der Waals surface area contributed by atoms with Crippen molar-refractivity contribution in [2.75, 3.05) is 20.1 Å². The number of hydrogen-bond donors (Lipinski definition) is 1. The Bertz CT molecular complexity index is 451. The SMILES string of the molecule is CCCN(C(=O)CCNC)C(C)c1ccc(Cl)c(Cl)c1. The second kappa shape index (κ2) is 8.50. The highest BCUT2D eigenvalue weighted by Crippen LogP contribution is 2.28. The van der Waals surface area contributed by atoms with Crippen molar-refractivity contribution in [3.8, 4) is 0 Å². The molecule has 1 N–H and O–H groups in total. The van der Waals surface area contributed by atoms with Crippen LogP contribution in [0.2, 0.25) is 10.0 Å². The van der Waals surface area contributed by atoms with E-state index in [9.17, 15) is 4.79 Å². The van der Waals surface area contributed by atoms with Crippen molar-refractivity contribution in [2.24, 2.45) is 0 Å². The Morgan fingerprint density at radius 1 is 1.35 bits per heavy atom. The van der Waals surface area contributed by atoms with Gasteiger partial charge in [0.1, 0.15) is 0 Å². The molecule has 0 aromatic heterocycles. The molecule has 0 aliphatic carbocycles. The predicted molar refractivity (Wildman–Crippen MR) is 85.4 cm³/mol. The van der Waals surface area contributed by atoms with E-state index in [1.54, 1.807) is 6.07 Å². The summed E-state index contributed by atoms with van der Waals surface area (Å²) < 4.78 is 0. The van der Waals surface area contributed by atoms with Crippen LogP contribution in [-0.2, 0) is 4.79 Å². The number of hydrogen-bond acceptors (Lipinski definition) is 2. The van der Waals surface area contributed by atoms with Gasteiger partial charge in [0.25, 0.3) is 0 Å². The maximum Gasteiger partial charge on any atom is 0.224 e. The summed E-state index contributed by atoms with van der Waals surface area (Å²) in [5, 5.41) is 4.06. The van der Waals surface area contributed by atoms with Gasteiger partial charge < -0.3 is 10.2 Å². The number of amides is 1. The van der Waals surface area contributed by atoms with Gasteiger partial charge in [-0.3, -0.25) is 4.79 Å². The molecule has 0 heterocycles. The molecule has 5 heteroatoms. The third-order valence-corrected chi connectivity index (χ3v) is 4.01. The summed E-state index contributed by atoms with van der Waals surface area (Å²) in [4.78, 5) is 14.2. The Morgan fingerprint density at radius 3 is 2.60 bits per heavy atom. The van der Waals surface area contributed by atoms with Gasteiger partial charge in [-0.2, -0.15) is 0 Å². The third-order valence-electron chi connectivity index (χ3n) is 3.27. The fraction of sp³-hybridized carbons (Fsp3) is 0.533. The fourth-order valence-electron chi connectivity index (χ4n) is 2.10. The predicted octanol–water partition coefficient (Wildman–Crippen LogP) is 3.90. The lowest BCUT2D eigenvalue weighted by atomic mass is 10.1. The zero-order valence-corrected chi connectivity index (χ0v) is 13.8. The molecule has 0 spiro atoms. The standard InChI is InChI=1S/C15H22Cl2N2O/c1-4-9-19(15(20)7-8-18-3)11(2)12-5-6-13(16)14(17)10-12/h5-6,10-11,18H,4,7-9H2,1-3H3. The van der Waals surface area contributed by atoms with Crippen LogP contribution in [0.1, 0.15) is 38.3 Å². The van der Waals surface area contributed by atoms with Crippen molar-refractivity contribution in [2.45, 2.75) is 32.7 Å². The summed E-state index contributed by atoms with van der Waals surface area (Å²) in [6.45, 7) is 5.52. The molecule has 20 heavy (non-hydrogen) atoms. The van der Waals surface area contributed by atoms with E-state index in [2.05, 4.69) is 12.2 Å². The molecule has 1 rings (SSSR count). The minimum atomic E-state index is -0.00549. The van der Waals surface area contributed by atoms with Crippen molar-refractivity contribution in [3.05, 3.63) is 33.8 Å². The highest BCUT2D eigenvalue weighted by Gasteiger charge is 2.20. The van der Waals surface area contributed by atoms with E-state index in [0.717, 1.165) is 18.5 Å². The lowest BCUT2D eigenvalue weighted by Gasteiger charge is -2.29. The second-order valence-corrected chi connectivity index (χ2v) is 5.60. The first kappa shape index (κ1) is 17.3. The molecule has 0 aliphatic rings. The summed E-state index contributed by atoms with van der Waals surface area (Å²) in [6.07, 6.45) is 1.43. The molecule has 0 aliphatic heterocycles. The van der Waals surface area contributed by atoms with Gasteiger partial charge in [0.2, 0.25) is 5.91 Å². The Balaban J connectivity index is 2.89. The van der Waals surface area contributed by atoms with Crippen molar-refractivity contribution in [1.82, 2.24) is 10.2 Å². The van der Waals surface area contributed by atoms with Crippen molar-refractivity contribution in [1.29, 1.82) is 0 Å². The zero-order chi connectivity index (χ0) is 15.1. The summed E-state index contributed by atoms with van der Waals surface area (Å²) >= 11 is 12.0. The first-order valence-corrected chi connectivity index (χ1v) is 7.65. The van der Waals surface area contributed by atoms with E-state index in [1.807, 2.05) is 31.0 Å². The number of nitrogens with one attached hydrogen (secondary N) is 1. The monoisotopic (exact) mass is 316 g/mol. The minimum absolute atomic E-state index is 0.00549. The summed E-state index contributed by atoms with van der Waals surface area (Å²) in [5.41, 5.74) is 1.01. The van der Waals surface area contributed by atoms with Crippen LogP contribution in [0.15, 0.2) is 18.2 Å². The van der Waals surface area contributed by atoms with Crippen LogP contribution >= 0.6 is 23.2 Å². The second-order valence-electron chi connectivity index (χ2n) is 4.79. The Labute approximate surface area is 131 Å². The van der Waals surface area contributed by atoms with Crippen molar-refractivity contribution in [3.63, 3.8) is 0 Å². The largest absolute Gasteiger partial charge is 0.336 e. The minimum Gasteiger partial charge on any atom is -0.336 e. The first-order chi connectivity index (χ1) is 9.51. The van der Waals surface area contributed by atoms with Crippen LogP contribution in [-0.4, -0.2) is 30.9 Å². The normalized spacial score (nSPS) is 12.2. The third kappa shape index (κ3) is 4.65. The molecule has 112 valence electrons. The van der Waals surface area contributed by atoms with E-state index in [-0.39, 0.29) is 11.9 Å². The summed E-state index contributed by atoms with van der Waals surface area (Å²) in [6, 6.07) is 5.53. The Hall–Kier alpha value is -0.770. The van der Waals surface area contributed by atoms with E-state index in [1.165, 1.54) is 0 Å². The molecule has 1 unspecified atom stereocenters. The molecule has 1 atom stereocenters. The van der Waals surface area contributed by atoms with E-state index in [0.29, 0.717) is 23.0 Å². The summed E-state index contributed by atoms with van der Waals surface area (Å²) in [7, 11) is 1.85. The molecule has 1 aromatic carbocycles. The highest BCUT2D eigenvalue weighted by atomic mass is 35.5. The van der Waals surface area contributed by atoms with Crippen LogP contribution in [0.3, 0.4) is 0 Å². The molecule has 0 bridgehead atoms. The van der Waals surface area contributed by atoms with Crippen LogP contribution in [0.5, 0.6) is 0 Å². The van der Waals surface area contributed by atoms with E-state index < -0.39 is 0 Å². The number of halogens is 2. The highest BCUT2D eigenvalue weighted by molar-refractivity contribution is 6.42. The summed E-state index contributed by atoms with van der Waals surface area (Å²) in [5.74, 6) is 0.153. The Morgan fingerprint density at radius 2 is 2.05 bits per heavy atom. The number of carbonyl (C=O) groups excluding carboxylic acids is 1. The average molecular weight is 317 g/mol. The Kier molecular flexibility index (Phi) is 7.35. The number of benzene rings is 1. The molecule has 0 fully saturated rings. The lowest BCUT2D eigenvalue weighted by Crippen LogP contribution is -2.35. The van der Waals surface area contributed by atoms with Crippen LogP contribution in [0.4, 0.5) is 0 Å². The fourth-order valence-corrected chi connectivity index (χ4v) is 2.41. The lowest BCUT2D eigenvalue weighted by molar-refractivity contribution is -0.133. The molecule has 1 amide bonds. The van der Waals surface area contributed by atoms with Gasteiger partial charge in [0, 0.05) is 19.5 Å². The van der Waals surface area contributed by atoms with Crippen molar-refractivity contribution < 1.29 is 4.79 Å². The number of nitrogens with zero attached hydrogens (tertiary/aromatic N) is 1. The van der Waals surface area contributed by atoms with E-state index >= 15 is 0 Å². The molecule has 3 nitrogen and oxygen atoms in total. The molecular weight excluding hydrogens is 295 g/mol. The first-order valence-electron chi connectivity index (χ1n) is 6.90. The molecular formula is C15H22Cl2N2O. The van der Waals surface area contributed by atoms with Gasteiger partial charge in [-0.05, 0) is 38.1 Å². The zero-order valence-electron chi connectivity index (χ0n) is 12.2. The van der Waals surface area contributed by atoms with Gasteiger partial charge in [-0.1, -0.05) is 36.2 Å². The van der Waals surface area contributed by atoms with Gasteiger partial charge in [0.15, 0.2) is 0 Å². The molecule has 0 saturated carbocycles. The van der Waals surface area contributed by atoms with E-state index in [4.69, 9.17) is 23.2 Å². The van der Waals surface area contributed by atoms with Crippen LogP contribution < -0.4 is 5.32 Å². The average Bonchev–Trinajstić information content (AvgIpc) is 2.44. The smallest absolute Gasteiger partial charge is 0.224 e. The van der Waals surface area contributed by atoms with Gasteiger partial charge in [0.05, 0.1) is 16.1 Å². The number of rotatable bonds is 7. The molecule has 0 saturated heterocycles. The maximum atomic E-state index is 12.3. The van der Waals surface area contributed by atoms with Crippen LogP contribution in [0.25, 0.3) is 0 Å². The van der Waals surface area contributed by atoms with Gasteiger partial charge in [-0.15, -0.1) is 0 Å². The maximum absolute atomic E-state index is 12.3. The molecule has 1 aromatic rings. The van der Waals surface area contributed by atoms with Gasteiger partial charge in [-0.25, -0.2) is 0 Å². The van der Waals surface area contributed by atoms with Gasteiger partial charge >= 0.3 is 0 Å². The van der Waals surface area contributed by atoms with Crippen LogP contribution in [0, 0.1) is 0 Å². The van der Waals surface area contributed by atoms with Crippen molar-refractivity contribution >= 4 is 29.1 Å². The number of carbonyl (C=O) groups is 1. The quantitative estimate of drug-likeness (QED) is 0.827.